The van der Waals surface area contributed by atoms with Gasteiger partial charge in [0.25, 0.3) is 0 Å². The molecule has 0 radical (unpaired) electrons. The van der Waals surface area contributed by atoms with Crippen molar-refractivity contribution in [2.75, 3.05) is 18.0 Å². The standard InChI is InChI=1S/C16H16N6O2/c23-16(24)19-12-3-6-21(10-12)14-4-7-22-15(20-14)13(9-18-22)11-2-1-5-17-8-11/h1-2,4-5,7-9,12,19H,3,6,10H2,(H,23,24). The second-order valence-electron chi connectivity index (χ2n) is 5.73. The predicted molar refractivity (Wildman–Crippen MR) is 88.0 cm³/mol. The summed E-state index contributed by atoms with van der Waals surface area (Å²) >= 11 is 0. The molecule has 0 spiro atoms. The minimum atomic E-state index is -0.986. The molecule has 122 valence electrons. The van der Waals surface area contributed by atoms with Gasteiger partial charge in [-0.2, -0.15) is 5.10 Å². The molecule has 0 saturated carbocycles. The maximum atomic E-state index is 10.8. The van der Waals surface area contributed by atoms with E-state index in [-0.39, 0.29) is 6.04 Å². The fraction of sp³-hybridized carbons (Fsp3) is 0.250. The van der Waals surface area contributed by atoms with E-state index in [2.05, 4.69) is 20.3 Å². The van der Waals surface area contributed by atoms with Gasteiger partial charge in [0.05, 0.1) is 12.2 Å². The molecule has 0 bridgehead atoms. The fourth-order valence-corrected chi connectivity index (χ4v) is 3.02. The first-order valence-corrected chi connectivity index (χ1v) is 7.70. The maximum absolute atomic E-state index is 10.8. The number of hydrogen-bond acceptors (Lipinski definition) is 5. The summed E-state index contributed by atoms with van der Waals surface area (Å²) < 4.78 is 1.73. The van der Waals surface area contributed by atoms with Crippen LogP contribution in [0, 0.1) is 0 Å². The van der Waals surface area contributed by atoms with E-state index >= 15 is 0 Å². The normalized spacial score (nSPS) is 17.3. The van der Waals surface area contributed by atoms with Gasteiger partial charge in [-0.05, 0) is 18.6 Å². The number of nitrogens with zero attached hydrogens (tertiary/aromatic N) is 5. The Hall–Kier alpha value is -3.16. The summed E-state index contributed by atoms with van der Waals surface area (Å²) in [4.78, 5) is 21.7. The summed E-state index contributed by atoms with van der Waals surface area (Å²) in [6, 6.07) is 5.69. The Morgan fingerprint density at radius 2 is 2.25 bits per heavy atom. The molecule has 1 aliphatic heterocycles. The van der Waals surface area contributed by atoms with Gasteiger partial charge in [0.2, 0.25) is 0 Å². The zero-order valence-corrected chi connectivity index (χ0v) is 12.8. The van der Waals surface area contributed by atoms with Crippen LogP contribution in [0.1, 0.15) is 6.42 Å². The second kappa shape index (κ2) is 5.80. The molecular weight excluding hydrogens is 308 g/mol. The van der Waals surface area contributed by atoms with Crippen LogP contribution in [0.2, 0.25) is 0 Å². The molecule has 1 atom stereocenters. The molecule has 1 aliphatic rings. The summed E-state index contributed by atoms with van der Waals surface area (Å²) in [5, 5.41) is 15.7. The highest BCUT2D eigenvalue weighted by Gasteiger charge is 2.25. The topological polar surface area (TPSA) is 95.7 Å². The third kappa shape index (κ3) is 2.62. The van der Waals surface area contributed by atoms with Crippen molar-refractivity contribution < 1.29 is 9.90 Å². The number of carbonyl (C=O) groups is 1. The lowest BCUT2D eigenvalue weighted by atomic mass is 10.1. The molecule has 3 aromatic heterocycles. The van der Waals surface area contributed by atoms with Gasteiger partial charge < -0.3 is 15.3 Å². The van der Waals surface area contributed by atoms with Gasteiger partial charge in [-0.25, -0.2) is 14.3 Å². The van der Waals surface area contributed by atoms with Crippen LogP contribution in [0.3, 0.4) is 0 Å². The molecule has 24 heavy (non-hydrogen) atoms. The monoisotopic (exact) mass is 324 g/mol. The maximum Gasteiger partial charge on any atom is 0.404 e. The van der Waals surface area contributed by atoms with Crippen molar-refractivity contribution in [1.29, 1.82) is 0 Å². The van der Waals surface area contributed by atoms with Gasteiger partial charge in [-0.1, -0.05) is 6.07 Å². The zero-order chi connectivity index (χ0) is 16.5. The Morgan fingerprint density at radius 3 is 3.04 bits per heavy atom. The fourth-order valence-electron chi connectivity index (χ4n) is 3.02. The Bertz CT molecular complexity index is 879. The number of hydrogen-bond donors (Lipinski definition) is 2. The number of carboxylic acid groups (broad SMARTS) is 1. The van der Waals surface area contributed by atoms with Gasteiger partial charge in [0, 0.05) is 42.8 Å². The first kappa shape index (κ1) is 14.4. The van der Waals surface area contributed by atoms with E-state index < -0.39 is 6.09 Å². The van der Waals surface area contributed by atoms with Gasteiger partial charge >= 0.3 is 6.09 Å². The van der Waals surface area contributed by atoms with Gasteiger partial charge in [0.15, 0.2) is 5.65 Å². The second-order valence-corrected chi connectivity index (χ2v) is 5.73. The molecule has 1 saturated heterocycles. The molecule has 0 aliphatic carbocycles. The lowest BCUT2D eigenvalue weighted by molar-refractivity contribution is 0.191. The lowest BCUT2D eigenvalue weighted by Crippen LogP contribution is -2.36. The summed E-state index contributed by atoms with van der Waals surface area (Å²) in [6.07, 6.45) is 6.95. The van der Waals surface area contributed by atoms with Crippen LogP contribution in [-0.4, -0.2) is 49.9 Å². The highest BCUT2D eigenvalue weighted by Crippen LogP contribution is 2.25. The van der Waals surface area contributed by atoms with Crippen molar-refractivity contribution in [3.05, 3.63) is 43.0 Å². The van der Waals surface area contributed by atoms with E-state index in [0.717, 1.165) is 35.6 Å². The van der Waals surface area contributed by atoms with Crippen LogP contribution in [0.25, 0.3) is 16.8 Å². The molecule has 2 N–H and O–H groups in total. The van der Waals surface area contributed by atoms with Crippen LogP contribution >= 0.6 is 0 Å². The Kier molecular flexibility index (Phi) is 3.49. The van der Waals surface area contributed by atoms with Crippen molar-refractivity contribution in [3.63, 3.8) is 0 Å². The SMILES string of the molecule is O=C(O)NC1CCN(c2ccn3ncc(-c4cccnc4)c3n2)C1. The van der Waals surface area contributed by atoms with Crippen molar-refractivity contribution in [2.24, 2.45) is 0 Å². The molecule has 4 heterocycles. The highest BCUT2D eigenvalue weighted by molar-refractivity contribution is 5.77. The Balaban J connectivity index is 1.65. The molecule has 1 unspecified atom stereocenters. The first-order valence-electron chi connectivity index (χ1n) is 7.70. The molecule has 4 rings (SSSR count). The average Bonchev–Trinajstić information content (AvgIpc) is 3.21. The van der Waals surface area contributed by atoms with E-state index in [4.69, 9.17) is 10.1 Å². The van der Waals surface area contributed by atoms with E-state index in [9.17, 15) is 4.79 Å². The molecule has 1 amide bonds. The number of pyridine rings is 1. The van der Waals surface area contributed by atoms with Crippen LogP contribution in [0.5, 0.6) is 0 Å². The lowest BCUT2D eigenvalue weighted by Gasteiger charge is -2.17. The smallest absolute Gasteiger partial charge is 0.404 e. The van der Waals surface area contributed by atoms with E-state index in [1.807, 2.05) is 24.4 Å². The number of fused-ring (bicyclic) bond motifs is 1. The van der Waals surface area contributed by atoms with E-state index in [1.54, 1.807) is 23.1 Å². The minimum Gasteiger partial charge on any atom is -0.465 e. The summed E-state index contributed by atoms with van der Waals surface area (Å²) in [7, 11) is 0. The summed E-state index contributed by atoms with van der Waals surface area (Å²) in [5.41, 5.74) is 2.64. The quantitative estimate of drug-likeness (QED) is 0.760. The zero-order valence-electron chi connectivity index (χ0n) is 12.8. The van der Waals surface area contributed by atoms with Gasteiger partial charge in [0.1, 0.15) is 5.82 Å². The molecular formula is C16H16N6O2. The number of amides is 1. The third-order valence-corrected chi connectivity index (χ3v) is 4.17. The molecule has 1 fully saturated rings. The van der Waals surface area contributed by atoms with Crippen molar-refractivity contribution >= 4 is 17.6 Å². The van der Waals surface area contributed by atoms with Crippen LogP contribution in [0.4, 0.5) is 10.6 Å². The Labute approximate surface area is 137 Å². The number of anilines is 1. The average molecular weight is 324 g/mol. The number of aromatic nitrogens is 4. The highest BCUT2D eigenvalue weighted by atomic mass is 16.4. The number of nitrogens with one attached hydrogen (secondary N) is 1. The molecule has 8 heteroatoms. The van der Waals surface area contributed by atoms with Crippen LogP contribution in [-0.2, 0) is 0 Å². The largest absolute Gasteiger partial charge is 0.465 e. The van der Waals surface area contributed by atoms with E-state index in [0.29, 0.717) is 6.54 Å². The predicted octanol–water partition coefficient (Wildman–Crippen LogP) is 1.64. The summed E-state index contributed by atoms with van der Waals surface area (Å²) in [5.74, 6) is 0.822. The first-order chi connectivity index (χ1) is 11.7. The molecule has 8 nitrogen and oxygen atoms in total. The third-order valence-electron chi connectivity index (χ3n) is 4.17. The summed E-state index contributed by atoms with van der Waals surface area (Å²) in [6.45, 7) is 1.39. The van der Waals surface area contributed by atoms with Crippen molar-refractivity contribution in [1.82, 2.24) is 24.9 Å². The minimum absolute atomic E-state index is 0.0665. The number of rotatable bonds is 3. The van der Waals surface area contributed by atoms with Crippen LogP contribution < -0.4 is 10.2 Å². The molecule has 3 aromatic rings. The van der Waals surface area contributed by atoms with Gasteiger partial charge in [-0.3, -0.25) is 4.98 Å². The van der Waals surface area contributed by atoms with E-state index in [1.165, 1.54) is 0 Å². The van der Waals surface area contributed by atoms with Crippen LogP contribution in [0.15, 0.2) is 43.0 Å². The van der Waals surface area contributed by atoms with Gasteiger partial charge in [-0.15, -0.1) is 0 Å². The Morgan fingerprint density at radius 1 is 1.33 bits per heavy atom. The van der Waals surface area contributed by atoms with Crippen molar-refractivity contribution in [3.8, 4) is 11.1 Å². The van der Waals surface area contributed by atoms with Crippen molar-refractivity contribution in [2.45, 2.75) is 12.5 Å². The molecule has 0 aromatic carbocycles.